The number of ether oxygens (including phenoxy) is 1. The van der Waals surface area contributed by atoms with Crippen LogP contribution in [0.2, 0.25) is 0 Å². The fraction of sp³-hybridized carbons (Fsp3) is 0.118. The number of fused-ring (bicyclic) bond motifs is 1. The summed E-state index contributed by atoms with van der Waals surface area (Å²) in [6.45, 7) is 2.34. The summed E-state index contributed by atoms with van der Waals surface area (Å²) in [5.41, 5.74) is 0.971. The van der Waals surface area contributed by atoms with Crippen LogP contribution in [0.25, 0.3) is 11.0 Å². The molecule has 1 heterocycles. The number of phenols is 1. The van der Waals surface area contributed by atoms with Gasteiger partial charge in [-0.2, -0.15) is 0 Å². The zero-order valence-electron chi connectivity index (χ0n) is 11.5. The molecule has 0 saturated carbocycles. The monoisotopic (exact) mass is 282 g/mol. The van der Waals surface area contributed by atoms with E-state index in [1.807, 2.05) is 13.0 Å². The molecule has 1 aromatic heterocycles. The summed E-state index contributed by atoms with van der Waals surface area (Å²) in [6, 6.07) is 13.6. The van der Waals surface area contributed by atoms with Gasteiger partial charge in [0, 0.05) is 17.7 Å². The number of hydrogen-bond donors (Lipinski definition) is 1. The van der Waals surface area contributed by atoms with Crippen molar-refractivity contribution in [2.75, 3.05) is 6.61 Å². The highest BCUT2D eigenvalue weighted by atomic mass is 16.5. The van der Waals surface area contributed by atoms with Crippen molar-refractivity contribution in [1.29, 1.82) is 0 Å². The molecule has 0 spiro atoms. The number of phenolic OH excluding ortho intramolecular Hbond substituents is 1. The molecular formula is C17H14O4. The van der Waals surface area contributed by atoms with E-state index in [0.29, 0.717) is 28.9 Å². The third-order valence-corrected chi connectivity index (χ3v) is 3.16. The Hall–Kier alpha value is -2.75. The van der Waals surface area contributed by atoms with Gasteiger partial charge in [0.1, 0.15) is 17.1 Å². The normalized spacial score (nSPS) is 10.7. The highest BCUT2D eigenvalue weighted by molar-refractivity contribution is 6.09. The van der Waals surface area contributed by atoms with E-state index >= 15 is 0 Å². The molecule has 4 nitrogen and oxygen atoms in total. The third kappa shape index (κ3) is 2.48. The summed E-state index contributed by atoms with van der Waals surface area (Å²) < 4.78 is 10.9. The number of hydrogen-bond acceptors (Lipinski definition) is 4. The Labute approximate surface area is 121 Å². The van der Waals surface area contributed by atoms with Crippen LogP contribution in [-0.4, -0.2) is 17.5 Å². The van der Waals surface area contributed by atoms with Crippen LogP contribution in [0, 0.1) is 0 Å². The summed E-state index contributed by atoms with van der Waals surface area (Å²) in [5, 5.41) is 10.5. The number of ketones is 1. The third-order valence-electron chi connectivity index (χ3n) is 3.16. The maximum atomic E-state index is 12.3. The molecule has 0 amide bonds. The second-order valence-corrected chi connectivity index (χ2v) is 4.59. The van der Waals surface area contributed by atoms with Gasteiger partial charge in [-0.3, -0.25) is 4.79 Å². The quantitative estimate of drug-likeness (QED) is 0.740. The molecule has 21 heavy (non-hydrogen) atoms. The molecule has 0 atom stereocenters. The van der Waals surface area contributed by atoms with Crippen molar-refractivity contribution >= 4 is 16.8 Å². The van der Waals surface area contributed by atoms with Crippen LogP contribution in [0.4, 0.5) is 0 Å². The van der Waals surface area contributed by atoms with Gasteiger partial charge in [0.05, 0.1) is 12.0 Å². The molecule has 1 N–H and O–H groups in total. The highest BCUT2D eigenvalue weighted by Crippen LogP contribution is 2.33. The first-order chi connectivity index (χ1) is 10.2. The first-order valence-corrected chi connectivity index (χ1v) is 6.68. The molecule has 0 aliphatic rings. The lowest BCUT2D eigenvalue weighted by Gasteiger charge is -2.03. The van der Waals surface area contributed by atoms with Gasteiger partial charge in [-0.1, -0.05) is 30.3 Å². The van der Waals surface area contributed by atoms with Crippen molar-refractivity contribution < 1.29 is 19.1 Å². The molecule has 0 aliphatic heterocycles. The first-order valence-electron chi connectivity index (χ1n) is 6.68. The number of furan rings is 1. The lowest BCUT2D eigenvalue weighted by Crippen LogP contribution is -1.98. The van der Waals surface area contributed by atoms with Gasteiger partial charge >= 0.3 is 0 Å². The molecule has 0 unspecified atom stereocenters. The number of carbonyl (C=O) groups is 1. The minimum Gasteiger partial charge on any atom is -0.507 e. The minimum atomic E-state index is -0.218. The van der Waals surface area contributed by atoms with Gasteiger partial charge < -0.3 is 14.3 Å². The molecule has 3 aromatic rings. The van der Waals surface area contributed by atoms with E-state index < -0.39 is 0 Å². The van der Waals surface area contributed by atoms with Crippen LogP contribution in [-0.2, 0) is 0 Å². The lowest BCUT2D eigenvalue weighted by molar-refractivity contribution is 0.101. The molecule has 0 aliphatic carbocycles. The van der Waals surface area contributed by atoms with Gasteiger partial charge in [0.2, 0.25) is 5.78 Å². The SMILES string of the molecule is CCOc1cc(O)c2cc(C(=O)c3ccccc3)oc2c1. The highest BCUT2D eigenvalue weighted by Gasteiger charge is 2.17. The predicted octanol–water partition coefficient (Wildman–Crippen LogP) is 3.77. The van der Waals surface area contributed by atoms with Crippen molar-refractivity contribution in [3.05, 3.63) is 59.9 Å². The fourth-order valence-corrected chi connectivity index (χ4v) is 2.19. The zero-order chi connectivity index (χ0) is 14.8. The maximum absolute atomic E-state index is 12.3. The molecule has 0 bridgehead atoms. The molecule has 2 aromatic carbocycles. The number of rotatable bonds is 4. The maximum Gasteiger partial charge on any atom is 0.228 e. The van der Waals surface area contributed by atoms with Crippen molar-refractivity contribution in [2.45, 2.75) is 6.92 Å². The molecular weight excluding hydrogens is 268 g/mol. The Morgan fingerprint density at radius 1 is 1.19 bits per heavy atom. The van der Waals surface area contributed by atoms with Crippen molar-refractivity contribution in [3.8, 4) is 11.5 Å². The Morgan fingerprint density at radius 3 is 2.67 bits per heavy atom. The molecule has 106 valence electrons. The standard InChI is InChI=1S/C17H14O4/c1-2-20-12-8-14(18)13-10-16(21-15(13)9-12)17(19)11-6-4-3-5-7-11/h3-10,18H,2H2,1H3. The molecule has 0 radical (unpaired) electrons. The molecule has 0 saturated heterocycles. The van der Waals surface area contributed by atoms with E-state index in [1.54, 1.807) is 36.4 Å². The van der Waals surface area contributed by atoms with Crippen LogP contribution in [0.1, 0.15) is 23.0 Å². The summed E-state index contributed by atoms with van der Waals surface area (Å²) in [4.78, 5) is 12.3. The van der Waals surface area contributed by atoms with Gasteiger partial charge in [-0.05, 0) is 13.0 Å². The van der Waals surface area contributed by atoms with Crippen LogP contribution in [0.5, 0.6) is 11.5 Å². The van der Waals surface area contributed by atoms with E-state index in [0.717, 1.165) is 0 Å². The van der Waals surface area contributed by atoms with E-state index in [-0.39, 0.29) is 17.3 Å². The second kappa shape index (κ2) is 5.32. The largest absolute Gasteiger partial charge is 0.507 e. The lowest BCUT2D eigenvalue weighted by atomic mass is 10.1. The van der Waals surface area contributed by atoms with Gasteiger partial charge in [0.15, 0.2) is 5.76 Å². The van der Waals surface area contributed by atoms with Gasteiger partial charge in [-0.15, -0.1) is 0 Å². The van der Waals surface area contributed by atoms with Crippen molar-refractivity contribution in [2.24, 2.45) is 0 Å². The second-order valence-electron chi connectivity index (χ2n) is 4.59. The zero-order valence-corrected chi connectivity index (χ0v) is 11.5. The van der Waals surface area contributed by atoms with E-state index in [4.69, 9.17) is 9.15 Å². The Balaban J connectivity index is 2.05. The molecule has 3 rings (SSSR count). The Kier molecular flexibility index (Phi) is 3.36. The molecule has 0 fully saturated rings. The van der Waals surface area contributed by atoms with E-state index in [9.17, 15) is 9.90 Å². The Bertz CT molecular complexity index is 787. The average Bonchev–Trinajstić information content (AvgIpc) is 2.92. The first kappa shape index (κ1) is 13.2. The van der Waals surface area contributed by atoms with Gasteiger partial charge in [0.25, 0.3) is 0 Å². The van der Waals surface area contributed by atoms with Gasteiger partial charge in [-0.25, -0.2) is 0 Å². The van der Waals surface area contributed by atoms with E-state index in [1.165, 1.54) is 6.07 Å². The van der Waals surface area contributed by atoms with Crippen molar-refractivity contribution in [1.82, 2.24) is 0 Å². The predicted molar refractivity (Wildman–Crippen MR) is 78.9 cm³/mol. The van der Waals surface area contributed by atoms with Crippen LogP contribution in [0.15, 0.2) is 52.9 Å². The van der Waals surface area contributed by atoms with E-state index in [2.05, 4.69) is 0 Å². The van der Waals surface area contributed by atoms with Crippen LogP contribution in [0.3, 0.4) is 0 Å². The summed E-state index contributed by atoms with van der Waals surface area (Å²) >= 11 is 0. The number of carbonyl (C=O) groups excluding carboxylic acids is 1. The van der Waals surface area contributed by atoms with Crippen molar-refractivity contribution in [3.63, 3.8) is 0 Å². The van der Waals surface area contributed by atoms with Crippen LogP contribution < -0.4 is 4.74 Å². The number of benzene rings is 2. The Morgan fingerprint density at radius 2 is 1.95 bits per heavy atom. The minimum absolute atomic E-state index is 0.0341. The molecule has 4 heteroatoms. The summed E-state index contributed by atoms with van der Waals surface area (Å²) in [7, 11) is 0. The number of aromatic hydroxyl groups is 1. The summed E-state index contributed by atoms with van der Waals surface area (Å²) in [5.74, 6) is 0.520. The average molecular weight is 282 g/mol. The smallest absolute Gasteiger partial charge is 0.228 e. The summed E-state index contributed by atoms with van der Waals surface area (Å²) in [6.07, 6.45) is 0. The van der Waals surface area contributed by atoms with Crippen LogP contribution >= 0.6 is 0 Å². The topological polar surface area (TPSA) is 59.7 Å². The fourth-order valence-electron chi connectivity index (χ4n) is 2.19.